The molecule has 0 saturated carbocycles. The zero-order chi connectivity index (χ0) is 12.5. The highest BCUT2D eigenvalue weighted by Gasteiger charge is 2.05. The second-order valence-electron chi connectivity index (χ2n) is 4.02. The average molecular weight is 321 g/mol. The van der Waals surface area contributed by atoms with Gasteiger partial charge in [0.2, 0.25) is 0 Å². The molecule has 0 fully saturated rings. The van der Waals surface area contributed by atoms with Gasteiger partial charge in [0.05, 0.1) is 4.47 Å². The van der Waals surface area contributed by atoms with E-state index in [9.17, 15) is 0 Å². The Balaban J connectivity index is 2.16. The molecule has 0 aliphatic carbocycles. The Morgan fingerprint density at radius 1 is 1.18 bits per heavy atom. The molecule has 0 amide bonds. The highest BCUT2D eigenvalue weighted by atomic mass is 79.9. The average Bonchev–Trinajstić information content (AvgIpc) is 2.33. The zero-order valence-electron chi connectivity index (χ0n) is 10.2. The van der Waals surface area contributed by atoms with Crippen molar-refractivity contribution in [2.24, 2.45) is 0 Å². The van der Waals surface area contributed by atoms with Crippen LogP contribution in [0.3, 0.4) is 0 Å². The first-order valence-corrected chi connectivity index (χ1v) is 7.32. The van der Waals surface area contributed by atoms with Crippen LogP contribution in [0, 0.1) is 0 Å². The number of hydrogen-bond acceptors (Lipinski definition) is 3. The van der Waals surface area contributed by atoms with Crippen LogP contribution in [0.25, 0.3) is 0 Å². The van der Waals surface area contributed by atoms with Crippen LogP contribution in [0.4, 0.5) is 5.82 Å². The predicted octanol–water partition coefficient (Wildman–Crippen LogP) is 4.66. The molecule has 5 heteroatoms. The van der Waals surface area contributed by atoms with E-state index in [0.717, 1.165) is 23.3 Å². The zero-order valence-corrected chi connectivity index (χ0v) is 12.5. The summed E-state index contributed by atoms with van der Waals surface area (Å²) in [6.45, 7) is 3.16. The van der Waals surface area contributed by atoms with Crippen molar-refractivity contribution < 1.29 is 0 Å². The largest absolute Gasteiger partial charge is 0.369 e. The van der Waals surface area contributed by atoms with Gasteiger partial charge in [-0.3, -0.25) is 0 Å². The van der Waals surface area contributed by atoms with Crippen molar-refractivity contribution in [3.63, 3.8) is 0 Å². The summed E-state index contributed by atoms with van der Waals surface area (Å²) >= 11 is 9.24. The van der Waals surface area contributed by atoms with E-state index in [1.165, 1.54) is 38.4 Å². The number of nitrogens with one attached hydrogen (secondary N) is 1. The summed E-state index contributed by atoms with van der Waals surface area (Å²) in [6.07, 6.45) is 9.21. The first-order chi connectivity index (χ1) is 8.25. The molecule has 1 heterocycles. The molecule has 0 saturated heterocycles. The third kappa shape index (κ3) is 5.68. The van der Waals surface area contributed by atoms with E-state index in [4.69, 9.17) is 11.6 Å². The maximum atomic E-state index is 5.87. The summed E-state index contributed by atoms with van der Waals surface area (Å²) in [5.74, 6) is 0.776. The maximum absolute atomic E-state index is 5.87. The molecule has 0 radical (unpaired) electrons. The Morgan fingerprint density at radius 2 is 1.88 bits per heavy atom. The minimum Gasteiger partial charge on any atom is -0.369 e. The quantitative estimate of drug-likeness (QED) is 0.559. The molecule has 0 aromatic carbocycles. The van der Waals surface area contributed by atoms with Crippen LogP contribution < -0.4 is 5.32 Å². The van der Waals surface area contributed by atoms with Crippen LogP contribution >= 0.6 is 27.5 Å². The topological polar surface area (TPSA) is 37.8 Å². The van der Waals surface area contributed by atoms with Gasteiger partial charge in [0, 0.05) is 6.54 Å². The molecule has 0 unspecified atom stereocenters. The van der Waals surface area contributed by atoms with Crippen LogP contribution in [-0.4, -0.2) is 16.5 Å². The molecule has 1 aromatic rings. The highest BCUT2D eigenvalue weighted by Crippen LogP contribution is 2.25. The molecule has 1 N–H and O–H groups in total. The van der Waals surface area contributed by atoms with Crippen LogP contribution in [0.2, 0.25) is 5.15 Å². The molecule has 0 aliphatic heterocycles. The summed E-state index contributed by atoms with van der Waals surface area (Å²) in [6, 6.07) is 0. The predicted molar refractivity (Wildman–Crippen MR) is 76.6 cm³/mol. The van der Waals surface area contributed by atoms with Crippen LogP contribution in [-0.2, 0) is 0 Å². The van der Waals surface area contributed by atoms with Gasteiger partial charge in [-0.2, -0.15) is 0 Å². The van der Waals surface area contributed by atoms with E-state index in [-0.39, 0.29) is 0 Å². The number of halogens is 2. The molecule has 0 bridgehead atoms. The number of nitrogens with zero attached hydrogens (tertiary/aromatic N) is 2. The summed E-state index contributed by atoms with van der Waals surface area (Å²) in [5.41, 5.74) is 0. The fourth-order valence-electron chi connectivity index (χ4n) is 1.58. The van der Waals surface area contributed by atoms with Crippen molar-refractivity contribution in [3.05, 3.63) is 16.0 Å². The third-order valence-corrected chi connectivity index (χ3v) is 3.84. The fourth-order valence-corrected chi connectivity index (χ4v) is 2.06. The molecule has 3 nitrogen and oxygen atoms in total. The Labute approximate surface area is 117 Å². The number of unbranched alkanes of at least 4 members (excludes halogenated alkanes) is 5. The second kappa shape index (κ2) is 8.70. The van der Waals surface area contributed by atoms with Gasteiger partial charge in [-0.05, 0) is 22.4 Å². The molecule has 1 rings (SSSR count). The third-order valence-electron chi connectivity index (χ3n) is 2.57. The Morgan fingerprint density at radius 3 is 2.65 bits per heavy atom. The van der Waals surface area contributed by atoms with Crippen LogP contribution in [0.5, 0.6) is 0 Å². The number of aromatic nitrogens is 2. The Bertz CT molecular complexity index is 334. The lowest BCUT2D eigenvalue weighted by molar-refractivity contribution is 0.616. The van der Waals surface area contributed by atoms with Crippen molar-refractivity contribution in [2.45, 2.75) is 45.4 Å². The lowest BCUT2D eigenvalue weighted by Gasteiger charge is -2.07. The molecule has 1 aromatic heterocycles. The number of anilines is 1. The molecular weight excluding hydrogens is 302 g/mol. The van der Waals surface area contributed by atoms with E-state index < -0.39 is 0 Å². The van der Waals surface area contributed by atoms with Crippen molar-refractivity contribution >= 4 is 33.3 Å². The van der Waals surface area contributed by atoms with Gasteiger partial charge < -0.3 is 5.32 Å². The Kier molecular flexibility index (Phi) is 7.53. The first kappa shape index (κ1) is 14.7. The minimum absolute atomic E-state index is 0.449. The molecule has 17 heavy (non-hydrogen) atoms. The van der Waals surface area contributed by atoms with Gasteiger partial charge in [-0.25, -0.2) is 9.97 Å². The molecule has 0 atom stereocenters. The SMILES string of the molecule is CCCCCCCCNc1ncnc(Cl)c1Br. The lowest BCUT2D eigenvalue weighted by Crippen LogP contribution is -2.04. The fraction of sp³-hybridized carbons (Fsp3) is 0.667. The first-order valence-electron chi connectivity index (χ1n) is 6.15. The molecule has 0 aliphatic rings. The van der Waals surface area contributed by atoms with E-state index in [2.05, 4.69) is 38.1 Å². The summed E-state index contributed by atoms with van der Waals surface area (Å²) in [7, 11) is 0. The van der Waals surface area contributed by atoms with Crippen molar-refractivity contribution in [2.75, 3.05) is 11.9 Å². The van der Waals surface area contributed by atoms with Gasteiger partial charge in [0.1, 0.15) is 17.3 Å². The van der Waals surface area contributed by atoms with Crippen LogP contribution in [0.1, 0.15) is 45.4 Å². The number of rotatable bonds is 8. The van der Waals surface area contributed by atoms with E-state index in [1.807, 2.05) is 0 Å². The van der Waals surface area contributed by atoms with Gasteiger partial charge >= 0.3 is 0 Å². The summed E-state index contributed by atoms with van der Waals surface area (Å²) in [5, 5.41) is 3.71. The standard InChI is InChI=1S/C12H19BrClN3/c1-2-3-4-5-6-7-8-15-12-10(13)11(14)16-9-17-12/h9H,2-8H2,1H3,(H,15,16,17). The normalized spacial score (nSPS) is 10.5. The second-order valence-corrected chi connectivity index (χ2v) is 5.17. The van der Waals surface area contributed by atoms with Gasteiger partial charge in [-0.1, -0.05) is 50.6 Å². The summed E-state index contributed by atoms with van der Waals surface area (Å²) in [4.78, 5) is 8.02. The van der Waals surface area contributed by atoms with Crippen molar-refractivity contribution in [1.29, 1.82) is 0 Å². The monoisotopic (exact) mass is 319 g/mol. The van der Waals surface area contributed by atoms with E-state index in [0.29, 0.717) is 5.15 Å². The lowest BCUT2D eigenvalue weighted by atomic mass is 10.1. The van der Waals surface area contributed by atoms with Crippen LogP contribution in [0.15, 0.2) is 10.8 Å². The van der Waals surface area contributed by atoms with Gasteiger partial charge in [-0.15, -0.1) is 0 Å². The molecule has 96 valence electrons. The molecular formula is C12H19BrClN3. The Hall–Kier alpha value is -0.350. The highest BCUT2D eigenvalue weighted by molar-refractivity contribution is 9.10. The van der Waals surface area contributed by atoms with Gasteiger partial charge in [0.25, 0.3) is 0 Å². The summed E-state index contributed by atoms with van der Waals surface area (Å²) < 4.78 is 0.743. The smallest absolute Gasteiger partial charge is 0.148 e. The van der Waals surface area contributed by atoms with E-state index in [1.54, 1.807) is 0 Å². The minimum atomic E-state index is 0.449. The number of hydrogen-bond donors (Lipinski definition) is 1. The van der Waals surface area contributed by atoms with Crippen molar-refractivity contribution in [1.82, 2.24) is 9.97 Å². The van der Waals surface area contributed by atoms with Crippen molar-refractivity contribution in [3.8, 4) is 0 Å². The van der Waals surface area contributed by atoms with Gasteiger partial charge in [0.15, 0.2) is 0 Å². The van der Waals surface area contributed by atoms with E-state index >= 15 is 0 Å². The maximum Gasteiger partial charge on any atom is 0.148 e. The molecule has 0 spiro atoms.